The van der Waals surface area contributed by atoms with E-state index in [2.05, 4.69) is 31.1 Å². The summed E-state index contributed by atoms with van der Waals surface area (Å²) in [7, 11) is 5.83. The maximum absolute atomic E-state index is 5.83. The fourth-order valence-electron chi connectivity index (χ4n) is 1.80. The Labute approximate surface area is 110 Å². The van der Waals surface area contributed by atoms with Gasteiger partial charge in [-0.2, -0.15) is 0 Å². The highest BCUT2D eigenvalue weighted by Gasteiger charge is 2.07. The largest absolute Gasteiger partial charge is 0.496 e. The minimum absolute atomic E-state index is 0. The van der Waals surface area contributed by atoms with Gasteiger partial charge in [-0.1, -0.05) is 12.1 Å². The summed E-state index contributed by atoms with van der Waals surface area (Å²) in [5.74, 6) is 0.930. The third-order valence-corrected chi connectivity index (χ3v) is 2.39. The fourth-order valence-corrected chi connectivity index (χ4v) is 1.80. The maximum Gasteiger partial charge on any atom is 0.122 e. The smallest absolute Gasteiger partial charge is 0.122 e. The van der Waals surface area contributed by atoms with Crippen molar-refractivity contribution in [3.63, 3.8) is 0 Å². The van der Waals surface area contributed by atoms with Gasteiger partial charge in [-0.3, -0.25) is 0 Å². The van der Waals surface area contributed by atoms with Crippen LogP contribution in [-0.2, 0) is 13.0 Å². The zero-order chi connectivity index (χ0) is 12.1. The van der Waals surface area contributed by atoms with Crippen molar-refractivity contribution in [2.45, 2.75) is 25.9 Å². The Balaban J connectivity index is 0.00000256. The van der Waals surface area contributed by atoms with Gasteiger partial charge in [-0.25, -0.2) is 0 Å². The van der Waals surface area contributed by atoms with Crippen molar-refractivity contribution in [1.29, 1.82) is 0 Å². The Kier molecular flexibility index (Phi) is 7.19. The maximum atomic E-state index is 5.83. The van der Waals surface area contributed by atoms with E-state index in [4.69, 9.17) is 10.5 Å². The highest BCUT2D eigenvalue weighted by Crippen LogP contribution is 2.21. The van der Waals surface area contributed by atoms with Crippen LogP contribution in [0.2, 0.25) is 0 Å². The van der Waals surface area contributed by atoms with E-state index in [1.807, 2.05) is 13.0 Å². The van der Waals surface area contributed by atoms with E-state index in [1.54, 1.807) is 7.11 Å². The summed E-state index contributed by atoms with van der Waals surface area (Å²) >= 11 is 0. The molecule has 0 saturated heterocycles. The number of halogens is 1. The van der Waals surface area contributed by atoms with Gasteiger partial charge in [-0.05, 0) is 44.6 Å². The Morgan fingerprint density at radius 1 is 1.35 bits per heavy atom. The molecule has 1 atom stereocenters. The van der Waals surface area contributed by atoms with Crippen LogP contribution in [0.15, 0.2) is 18.2 Å². The van der Waals surface area contributed by atoms with Gasteiger partial charge in [0.1, 0.15) is 5.75 Å². The third-order valence-electron chi connectivity index (χ3n) is 2.39. The fraction of sp³-hybridized carbons (Fsp3) is 0.538. The molecule has 0 aromatic heterocycles. The molecule has 0 radical (unpaired) electrons. The zero-order valence-corrected chi connectivity index (χ0v) is 11.9. The average molecular weight is 259 g/mol. The highest BCUT2D eigenvalue weighted by atomic mass is 35.5. The van der Waals surface area contributed by atoms with Crippen LogP contribution in [0.1, 0.15) is 18.1 Å². The number of benzene rings is 1. The van der Waals surface area contributed by atoms with Gasteiger partial charge < -0.3 is 15.4 Å². The molecule has 3 nitrogen and oxygen atoms in total. The van der Waals surface area contributed by atoms with Crippen LogP contribution >= 0.6 is 12.4 Å². The Morgan fingerprint density at radius 3 is 2.47 bits per heavy atom. The number of ether oxygens (including phenoxy) is 1. The molecule has 0 aliphatic carbocycles. The van der Waals surface area contributed by atoms with Gasteiger partial charge in [0.05, 0.1) is 7.11 Å². The minimum Gasteiger partial charge on any atom is -0.496 e. The first-order valence-corrected chi connectivity index (χ1v) is 5.59. The van der Waals surface area contributed by atoms with Crippen molar-refractivity contribution in [2.75, 3.05) is 21.2 Å². The van der Waals surface area contributed by atoms with Crippen LogP contribution < -0.4 is 10.5 Å². The molecule has 1 aromatic carbocycles. The van der Waals surface area contributed by atoms with Crippen molar-refractivity contribution in [3.05, 3.63) is 29.3 Å². The van der Waals surface area contributed by atoms with E-state index in [-0.39, 0.29) is 18.4 Å². The van der Waals surface area contributed by atoms with Crippen LogP contribution in [0.3, 0.4) is 0 Å². The molecule has 0 amide bonds. The van der Waals surface area contributed by atoms with Crippen molar-refractivity contribution < 1.29 is 4.74 Å². The van der Waals surface area contributed by atoms with Gasteiger partial charge in [0.15, 0.2) is 0 Å². The topological polar surface area (TPSA) is 38.5 Å². The van der Waals surface area contributed by atoms with Crippen molar-refractivity contribution >= 4 is 12.4 Å². The molecule has 1 unspecified atom stereocenters. The zero-order valence-electron chi connectivity index (χ0n) is 11.1. The lowest BCUT2D eigenvalue weighted by Crippen LogP contribution is -2.18. The number of hydrogen-bond donors (Lipinski definition) is 1. The number of nitrogens with two attached hydrogens (primary N) is 1. The number of rotatable bonds is 5. The number of hydrogen-bond acceptors (Lipinski definition) is 3. The molecule has 0 spiro atoms. The highest BCUT2D eigenvalue weighted by molar-refractivity contribution is 5.85. The molecule has 2 N–H and O–H groups in total. The van der Waals surface area contributed by atoms with Crippen LogP contribution in [0.5, 0.6) is 5.75 Å². The standard InChI is InChI=1S/C13H22N2O.ClH/c1-10(14)7-12-8-11(9-15(2)3)5-6-13(12)16-4;/h5-6,8,10H,7,9,14H2,1-4H3;1H. The number of methoxy groups -OCH3 is 1. The van der Waals surface area contributed by atoms with Crippen molar-refractivity contribution in [2.24, 2.45) is 5.73 Å². The van der Waals surface area contributed by atoms with E-state index in [1.165, 1.54) is 11.1 Å². The minimum atomic E-state index is 0. The van der Waals surface area contributed by atoms with Crippen LogP contribution in [0.4, 0.5) is 0 Å². The van der Waals surface area contributed by atoms with E-state index in [9.17, 15) is 0 Å². The molecule has 0 bridgehead atoms. The van der Waals surface area contributed by atoms with Crippen LogP contribution in [0, 0.1) is 0 Å². The predicted octanol–water partition coefficient (Wildman–Crippen LogP) is 2.07. The molecule has 0 aliphatic heterocycles. The summed E-state index contributed by atoms with van der Waals surface area (Å²) in [6.07, 6.45) is 0.852. The lowest BCUT2D eigenvalue weighted by Gasteiger charge is -2.15. The molecule has 0 saturated carbocycles. The molecule has 1 rings (SSSR count). The summed E-state index contributed by atoms with van der Waals surface area (Å²) in [5, 5.41) is 0. The lowest BCUT2D eigenvalue weighted by atomic mass is 10.0. The second-order valence-corrected chi connectivity index (χ2v) is 4.57. The first kappa shape index (κ1) is 16.2. The molecule has 4 heteroatoms. The monoisotopic (exact) mass is 258 g/mol. The third kappa shape index (κ3) is 5.39. The first-order valence-electron chi connectivity index (χ1n) is 5.59. The van der Waals surface area contributed by atoms with Crippen molar-refractivity contribution in [3.8, 4) is 5.75 Å². The van der Waals surface area contributed by atoms with E-state index in [0.717, 1.165) is 18.7 Å². The summed E-state index contributed by atoms with van der Waals surface area (Å²) in [4.78, 5) is 2.15. The van der Waals surface area contributed by atoms with Gasteiger partial charge in [0.2, 0.25) is 0 Å². The summed E-state index contributed by atoms with van der Waals surface area (Å²) < 4.78 is 5.34. The molecular formula is C13H23ClN2O. The molecule has 0 heterocycles. The number of nitrogens with zero attached hydrogens (tertiary/aromatic N) is 1. The summed E-state index contributed by atoms with van der Waals surface area (Å²) in [6, 6.07) is 6.46. The van der Waals surface area contributed by atoms with Gasteiger partial charge in [0, 0.05) is 12.6 Å². The summed E-state index contributed by atoms with van der Waals surface area (Å²) in [5.41, 5.74) is 8.32. The van der Waals surface area contributed by atoms with E-state index in [0.29, 0.717) is 0 Å². The second kappa shape index (κ2) is 7.54. The van der Waals surface area contributed by atoms with Gasteiger partial charge in [0.25, 0.3) is 0 Å². The molecule has 98 valence electrons. The second-order valence-electron chi connectivity index (χ2n) is 4.57. The lowest BCUT2D eigenvalue weighted by molar-refractivity contribution is 0.397. The quantitative estimate of drug-likeness (QED) is 0.879. The molecule has 1 aromatic rings. The summed E-state index contributed by atoms with van der Waals surface area (Å²) in [6.45, 7) is 2.95. The molecule has 17 heavy (non-hydrogen) atoms. The van der Waals surface area contributed by atoms with E-state index >= 15 is 0 Å². The Hall–Kier alpha value is -0.770. The Bertz CT molecular complexity index is 340. The normalized spacial score (nSPS) is 12.1. The van der Waals surface area contributed by atoms with Crippen LogP contribution in [0.25, 0.3) is 0 Å². The van der Waals surface area contributed by atoms with Crippen molar-refractivity contribution in [1.82, 2.24) is 4.90 Å². The average Bonchev–Trinajstić information content (AvgIpc) is 2.16. The molecule has 0 aliphatic rings. The van der Waals surface area contributed by atoms with Gasteiger partial charge in [-0.15, -0.1) is 12.4 Å². The predicted molar refractivity (Wildman–Crippen MR) is 75.0 cm³/mol. The van der Waals surface area contributed by atoms with Crippen LogP contribution in [-0.4, -0.2) is 32.1 Å². The molecular weight excluding hydrogens is 236 g/mol. The van der Waals surface area contributed by atoms with E-state index < -0.39 is 0 Å². The Morgan fingerprint density at radius 2 is 2.00 bits per heavy atom. The molecule has 0 fully saturated rings. The SMILES string of the molecule is COc1ccc(CN(C)C)cc1CC(C)N.Cl. The van der Waals surface area contributed by atoms with Gasteiger partial charge >= 0.3 is 0 Å². The first-order chi connectivity index (χ1) is 7.52.